The van der Waals surface area contributed by atoms with Crippen LogP contribution in [-0.4, -0.2) is 15.0 Å². The number of para-hydroxylation sites is 1. The normalized spacial score (nSPS) is 11.5. The van der Waals surface area contributed by atoms with Crippen molar-refractivity contribution in [2.45, 2.75) is 0 Å². The van der Waals surface area contributed by atoms with Crippen LogP contribution in [0, 0.1) is 0 Å². The molecule has 0 unspecified atom stereocenters. The lowest BCUT2D eigenvalue weighted by atomic mass is 10.1. The molecule has 0 aliphatic rings. The molecule has 0 N–H and O–H groups in total. The number of aromatic nitrogens is 3. The van der Waals surface area contributed by atoms with E-state index in [2.05, 4.69) is 42.5 Å². The van der Waals surface area contributed by atoms with Crippen LogP contribution >= 0.6 is 11.3 Å². The lowest BCUT2D eigenvalue weighted by Gasteiger charge is -2.07. The van der Waals surface area contributed by atoms with Gasteiger partial charge in [-0.25, -0.2) is 15.0 Å². The molecule has 160 valence electrons. The van der Waals surface area contributed by atoms with Crippen LogP contribution in [-0.2, 0) is 0 Å². The molecule has 0 fully saturated rings. The molecule has 0 saturated heterocycles. The Hall–Kier alpha value is -4.35. The number of thiophene rings is 1. The number of nitrogens with zero attached hydrogens (tertiary/aromatic N) is 3. The quantitative estimate of drug-likeness (QED) is 0.271. The summed E-state index contributed by atoms with van der Waals surface area (Å²) in [4.78, 5) is 14.5. The summed E-state index contributed by atoms with van der Waals surface area (Å²) in [6.07, 6.45) is 0. The summed E-state index contributed by atoms with van der Waals surface area (Å²) < 4.78 is 8.63. The fraction of sp³-hybridized carbons (Fsp3) is 0. The van der Waals surface area contributed by atoms with E-state index >= 15 is 0 Å². The van der Waals surface area contributed by atoms with Crippen LogP contribution in [0.5, 0.6) is 0 Å². The second-order valence-electron chi connectivity index (χ2n) is 8.13. The Morgan fingerprint density at radius 3 is 2.12 bits per heavy atom. The lowest BCUT2D eigenvalue weighted by Crippen LogP contribution is -1.99. The molecule has 7 aromatic rings. The molecule has 3 heterocycles. The summed E-state index contributed by atoms with van der Waals surface area (Å²) in [5, 5.41) is 3.48. The molecule has 0 amide bonds. The summed E-state index contributed by atoms with van der Waals surface area (Å²) in [5.41, 5.74) is 2.70. The van der Waals surface area contributed by atoms with Crippen LogP contribution in [0.1, 0.15) is 0 Å². The highest BCUT2D eigenvalue weighted by Gasteiger charge is 2.16. The summed E-state index contributed by atoms with van der Waals surface area (Å²) >= 11 is 1.80. The summed E-state index contributed by atoms with van der Waals surface area (Å²) in [6.45, 7) is 0. The maximum absolute atomic E-state index is 6.10. The van der Waals surface area contributed by atoms with Gasteiger partial charge in [0.25, 0.3) is 0 Å². The Morgan fingerprint density at radius 2 is 1.24 bits per heavy atom. The first-order valence-corrected chi connectivity index (χ1v) is 11.9. The molecule has 3 aromatic heterocycles. The molecule has 0 bridgehead atoms. The largest absolute Gasteiger partial charge is 0.453 e. The van der Waals surface area contributed by atoms with Gasteiger partial charge in [-0.2, -0.15) is 0 Å². The van der Waals surface area contributed by atoms with E-state index in [1.54, 1.807) is 11.3 Å². The number of hydrogen-bond acceptors (Lipinski definition) is 5. The number of hydrogen-bond donors (Lipinski definition) is 0. The highest BCUT2D eigenvalue weighted by Crippen LogP contribution is 2.36. The molecule has 0 aliphatic heterocycles. The first kappa shape index (κ1) is 19.1. The first-order chi connectivity index (χ1) is 16.8. The van der Waals surface area contributed by atoms with Gasteiger partial charge in [0, 0.05) is 36.7 Å². The zero-order valence-corrected chi connectivity index (χ0v) is 18.8. The van der Waals surface area contributed by atoms with Crippen molar-refractivity contribution >= 4 is 42.5 Å². The average Bonchev–Trinajstić information content (AvgIpc) is 3.50. The third-order valence-corrected chi connectivity index (χ3v) is 7.10. The molecule has 4 aromatic carbocycles. The average molecular weight is 456 g/mol. The minimum absolute atomic E-state index is 0.523. The molecule has 0 saturated carbocycles. The topological polar surface area (TPSA) is 51.8 Å². The van der Waals surface area contributed by atoms with E-state index in [1.807, 2.05) is 60.7 Å². The van der Waals surface area contributed by atoms with Crippen LogP contribution < -0.4 is 0 Å². The lowest BCUT2D eigenvalue weighted by molar-refractivity contribution is 0.625. The standard InChI is InChI=1S/C29H17N3OS/c1-2-8-18(9-3-1)27-30-28(32-29(31-27)24-17-19-10-4-6-12-23(19)33-24)20-14-15-26-22(16-20)21-11-5-7-13-25(21)34-26/h1-17H. The molecule has 0 aliphatic carbocycles. The van der Waals surface area contributed by atoms with Crippen LogP contribution in [0.2, 0.25) is 0 Å². The molecular formula is C29H17N3OS. The Kier molecular flexibility index (Phi) is 4.29. The molecule has 7 rings (SSSR count). The molecule has 0 atom stereocenters. The van der Waals surface area contributed by atoms with Crippen LogP contribution in [0.15, 0.2) is 108 Å². The molecule has 34 heavy (non-hydrogen) atoms. The third kappa shape index (κ3) is 3.17. The van der Waals surface area contributed by atoms with Crippen molar-refractivity contribution < 1.29 is 4.42 Å². The number of furan rings is 1. The van der Waals surface area contributed by atoms with Crippen molar-refractivity contribution in [3.05, 3.63) is 103 Å². The van der Waals surface area contributed by atoms with Crippen LogP contribution in [0.4, 0.5) is 0 Å². The van der Waals surface area contributed by atoms with E-state index in [-0.39, 0.29) is 0 Å². The minimum atomic E-state index is 0.523. The molecule has 0 radical (unpaired) electrons. The van der Waals surface area contributed by atoms with Gasteiger partial charge in [-0.15, -0.1) is 11.3 Å². The first-order valence-electron chi connectivity index (χ1n) is 11.0. The molecule has 5 heteroatoms. The fourth-order valence-electron chi connectivity index (χ4n) is 4.29. The zero-order chi connectivity index (χ0) is 22.5. The Balaban J connectivity index is 1.45. The van der Waals surface area contributed by atoms with Gasteiger partial charge in [0.05, 0.1) is 0 Å². The van der Waals surface area contributed by atoms with Crippen molar-refractivity contribution in [1.29, 1.82) is 0 Å². The summed E-state index contributed by atoms with van der Waals surface area (Å²) in [6, 6.07) is 34.8. The van der Waals surface area contributed by atoms with Gasteiger partial charge < -0.3 is 4.42 Å². The van der Waals surface area contributed by atoms with Crippen molar-refractivity contribution in [1.82, 2.24) is 15.0 Å². The van der Waals surface area contributed by atoms with E-state index < -0.39 is 0 Å². The highest BCUT2D eigenvalue weighted by atomic mass is 32.1. The summed E-state index contributed by atoms with van der Waals surface area (Å²) in [5.74, 6) is 2.40. The van der Waals surface area contributed by atoms with Gasteiger partial charge in [0.1, 0.15) is 5.58 Å². The fourth-order valence-corrected chi connectivity index (χ4v) is 5.38. The predicted octanol–water partition coefficient (Wildman–Crippen LogP) is 7.99. The SMILES string of the molecule is c1ccc(-c2nc(-c3ccc4sc5ccccc5c4c3)nc(-c3cc4ccccc4o3)n2)cc1. The van der Waals surface area contributed by atoms with Gasteiger partial charge in [0.15, 0.2) is 23.2 Å². The van der Waals surface area contributed by atoms with Crippen molar-refractivity contribution in [2.75, 3.05) is 0 Å². The Bertz CT molecular complexity index is 1790. The number of fused-ring (bicyclic) bond motifs is 4. The summed E-state index contributed by atoms with van der Waals surface area (Å²) in [7, 11) is 0. The second kappa shape index (κ2) is 7.61. The smallest absolute Gasteiger partial charge is 0.199 e. The number of rotatable bonds is 3. The van der Waals surface area contributed by atoms with Gasteiger partial charge >= 0.3 is 0 Å². The van der Waals surface area contributed by atoms with E-state index in [1.165, 1.54) is 20.2 Å². The Labute approximate surface area is 199 Å². The molecule has 4 nitrogen and oxygen atoms in total. The van der Waals surface area contributed by atoms with Gasteiger partial charge in [0.2, 0.25) is 0 Å². The monoisotopic (exact) mass is 455 g/mol. The van der Waals surface area contributed by atoms with Crippen LogP contribution in [0.25, 0.3) is 65.5 Å². The van der Waals surface area contributed by atoms with E-state index in [0.717, 1.165) is 22.1 Å². The maximum atomic E-state index is 6.10. The minimum Gasteiger partial charge on any atom is -0.453 e. The van der Waals surface area contributed by atoms with E-state index in [4.69, 9.17) is 19.4 Å². The van der Waals surface area contributed by atoms with E-state index in [9.17, 15) is 0 Å². The van der Waals surface area contributed by atoms with Gasteiger partial charge in [-0.1, -0.05) is 66.7 Å². The molecular weight excluding hydrogens is 438 g/mol. The van der Waals surface area contributed by atoms with Gasteiger partial charge in [-0.3, -0.25) is 0 Å². The second-order valence-corrected chi connectivity index (χ2v) is 9.21. The predicted molar refractivity (Wildman–Crippen MR) is 139 cm³/mol. The highest BCUT2D eigenvalue weighted by molar-refractivity contribution is 7.25. The van der Waals surface area contributed by atoms with E-state index in [0.29, 0.717) is 23.2 Å². The van der Waals surface area contributed by atoms with Crippen LogP contribution in [0.3, 0.4) is 0 Å². The number of benzene rings is 4. The molecule has 0 spiro atoms. The van der Waals surface area contributed by atoms with Gasteiger partial charge in [-0.05, 0) is 36.4 Å². The van der Waals surface area contributed by atoms with Crippen molar-refractivity contribution in [3.63, 3.8) is 0 Å². The zero-order valence-electron chi connectivity index (χ0n) is 18.0. The third-order valence-electron chi connectivity index (χ3n) is 5.95. The van der Waals surface area contributed by atoms with Crippen molar-refractivity contribution in [2.24, 2.45) is 0 Å². The maximum Gasteiger partial charge on any atom is 0.199 e. The Morgan fingerprint density at radius 1 is 0.529 bits per heavy atom. The van der Waals surface area contributed by atoms with Crippen molar-refractivity contribution in [3.8, 4) is 34.4 Å².